The lowest BCUT2D eigenvalue weighted by atomic mass is 10.0. The summed E-state index contributed by atoms with van der Waals surface area (Å²) >= 11 is 0. The van der Waals surface area contributed by atoms with E-state index in [2.05, 4.69) is 19.8 Å². The van der Waals surface area contributed by atoms with Crippen LogP contribution in [0.2, 0.25) is 0 Å². The van der Waals surface area contributed by atoms with Gasteiger partial charge >= 0.3 is 0 Å². The topological polar surface area (TPSA) is 101 Å². The van der Waals surface area contributed by atoms with Gasteiger partial charge in [0, 0.05) is 5.56 Å². The van der Waals surface area contributed by atoms with Crippen molar-refractivity contribution in [1.82, 2.24) is 15.1 Å². The van der Waals surface area contributed by atoms with Gasteiger partial charge in [-0.25, -0.2) is 13.4 Å². The van der Waals surface area contributed by atoms with Gasteiger partial charge in [0.25, 0.3) is 0 Å². The summed E-state index contributed by atoms with van der Waals surface area (Å²) in [5.41, 5.74) is 5.14. The number of rotatable bonds is 4. The third kappa shape index (κ3) is 2.81. The van der Waals surface area contributed by atoms with E-state index in [0.29, 0.717) is 0 Å². The van der Waals surface area contributed by atoms with Crippen molar-refractivity contribution in [2.45, 2.75) is 27.7 Å². The maximum absolute atomic E-state index is 11.7. The van der Waals surface area contributed by atoms with Gasteiger partial charge in [-0.05, 0) is 51.0 Å². The largest absolute Gasteiger partial charge is 0.361 e. The molecule has 1 aromatic carbocycles. The van der Waals surface area contributed by atoms with Crippen molar-refractivity contribution in [3.63, 3.8) is 0 Å². The van der Waals surface area contributed by atoms with Crippen LogP contribution in [0.4, 0.5) is 5.95 Å². The Morgan fingerprint density at radius 1 is 1.26 bits per heavy atom. The maximum atomic E-state index is 11.7. The fraction of sp³-hybridized carbons (Fsp3) is 0.333. The summed E-state index contributed by atoms with van der Waals surface area (Å²) in [6.45, 7) is 7.26. The molecule has 8 heteroatoms. The molecule has 0 aliphatic rings. The number of imidazole rings is 1. The number of nitrogens with one attached hydrogen (secondary N) is 2. The molecule has 0 unspecified atom stereocenters. The number of anilines is 1. The molecule has 0 aliphatic carbocycles. The first-order valence-corrected chi connectivity index (χ1v) is 8.90. The zero-order valence-corrected chi connectivity index (χ0v) is 14.2. The van der Waals surface area contributed by atoms with Gasteiger partial charge in [0.05, 0.1) is 22.5 Å². The predicted molar refractivity (Wildman–Crippen MR) is 88.9 cm³/mol. The lowest BCUT2D eigenvalue weighted by molar-refractivity contribution is 0.393. The molecule has 3 aromatic rings. The summed E-state index contributed by atoms with van der Waals surface area (Å²) in [5, 5.41) is 3.97. The number of aryl methyl sites for hydroxylation is 3. The number of aromatic nitrogens is 3. The molecule has 0 spiro atoms. The van der Waals surface area contributed by atoms with Crippen molar-refractivity contribution in [2.24, 2.45) is 0 Å². The summed E-state index contributed by atoms with van der Waals surface area (Å²) in [6.07, 6.45) is 0. The molecule has 0 radical (unpaired) electrons. The molecule has 2 N–H and O–H groups in total. The van der Waals surface area contributed by atoms with Gasteiger partial charge in [-0.15, -0.1) is 0 Å². The minimum atomic E-state index is -3.37. The monoisotopic (exact) mass is 334 g/mol. The summed E-state index contributed by atoms with van der Waals surface area (Å²) in [5.74, 6) is 0.960. The number of aromatic amines is 1. The number of hydrogen-bond acceptors (Lipinski definition) is 5. The van der Waals surface area contributed by atoms with Crippen LogP contribution in [0.5, 0.6) is 0 Å². The number of nitrogens with zero attached hydrogens (tertiary/aromatic N) is 2. The molecule has 3 rings (SSSR count). The average molecular weight is 334 g/mol. The van der Waals surface area contributed by atoms with Crippen molar-refractivity contribution in [3.8, 4) is 11.1 Å². The molecule has 0 aliphatic heterocycles. The number of sulfonamides is 1. The molecular formula is C15H18N4O3S. The fourth-order valence-corrected chi connectivity index (χ4v) is 3.13. The van der Waals surface area contributed by atoms with Crippen molar-refractivity contribution in [1.29, 1.82) is 0 Å². The van der Waals surface area contributed by atoms with Crippen LogP contribution in [0.3, 0.4) is 0 Å². The zero-order valence-electron chi connectivity index (χ0n) is 13.4. The first kappa shape index (κ1) is 15.5. The van der Waals surface area contributed by atoms with Gasteiger partial charge in [0.1, 0.15) is 5.76 Å². The lowest BCUT2D eigenvalue weighted by Crippen LogP contribution is -2.15. The molecule has 23 heavy (non-hydrogen) atoms. The Bertz CT molecular complexity index is 966. The molecule has 0 bridgehead atoms. The van der Waals surface area contributed by atoms with Crippen LogP contribution in [0.15, 0.2) is 16.7 Å². The minimum absolute atomic E-state index is 0.00659. The second kappa shape index (κ2) is 5.38. The van der Waals surface area contributed by atoms with Crippen molar-refractivity contribution < 1.29 is 12.9 Å². The predicted octanol–water partition coefficient (Wildman–Crippen LogP) is 2.90. The van der Waals surface area contributed by atoms with Gasteiger partial charge in [-0.1, -0.05) is 5.16 Å². The Morgan fingerprint density at radius 2 is 2.00 bits per heavy atom. The van der Waals surface area contributed by atoms with E-state index in [1.54, 1.807) is 6.92 Å². The Hall–Kier alpha value is -2.35. The normalized spacial score (nSPS) is 12.0. The smallest absolute Gasteiger partial charge is 0.234 e. The highest BCUT2D eigenvalue weighted by molar-refractivity contribution is 7.92. The van der Waals surface area contributed by atoms with Gasteiger partial charge in [0.2, 0.25) is 16.0 Å². The highest BCUT2D eigenvalue weighted by Crippen LogP contribution is 2.31. The summed E-state index contributed by atoms with van der Waals surface area (Å²) < 4.78 is 31.0. The van der Waals surface area contributed by atoms with E-state index in [-0.39, 0.29) is 11.7 Å². The number of hydrogen-bond donors (Lipinski definition) is 2. The van der Waals surface area contributed by atoms with Crippen molar-refractivity contribution in [3.05, 3.63) is 29.2 Å². The van der Waals surface area contributed by atoms with E-state index in [1.807, 2.05) is 32.9 Å². The van der Waals surface area contributed by atoms with Crippen LogP contribution >= 0.6 is 0 Å². The molecule has 2 heterocycles. The summed E-state index contributed by atoms with van der Waals surface area (Å²) in [7, 11) is -3.37. The Morgan fingerprint density at radius 3 is 2.61 bits per heavy atom. The third-order valence-corrected chi connectivity index (χ3v) is 5.00. The molecule has 122 valence electrons. The molecule has 2 aromatic heterocycles. The van der Waals surface area contributed by atoms with Crippen LogP contribution in [0.25, 0.3) is 22.2 Å². The molecule has 7 nitrogen and oxygen atoms in total. The molecular weight excluding hydrogens is 316 g/mol. The second-order valence-corrected chi connectivity index (χ2v) is 7.49. The number of benzene rings is 1. The fourth-order valence-electron chi connectivity index (χ4n) is 2.60. The highest BCUT2D eigenvalue weighted by Gasteiger charge is 2.16. The Kier molecular flexibility index (Phi) is 3.63. The second-order valence-electron chi connectivity index (χ2n) is 5.48. The van der Waals surface area contributed by atoms with E-state index < -0.39 is 10.0 Å². The van der Waals surface area contributed by atoms with Crippen molar-refractivity contribution >= 4 is 27.0 Å². The molecule has 0 saturated carbocycles. The molecule has 0 atom stereocenters. The van der Waals surface area contributed by atoms with E-state index in [1.165, 1.54) is 0 Å². The number of fused-ring (bicyclic) bond motifs is 1. The lowest BCUT2D eigenvalue weighted by Gasteiger charge is -2.03. The zero-order chi connectivity index (χ0) is 16.8. The summed E-state index contributed by atoms with van der Waals surface area (Å²) in [6, 6.07) is 3.92. The molecule has 0 fully saturated rings. The van der Waals surface area contributed by atoms with E-state index in [9.17, 15) is 8.42 Å². The molecule has 0 amide bonds. The first-order valence-electron chi connectivity index (χ1n) is 7.25. The van der Waals surface area contributed by atoms with Gasteiger partial charge in [-0.3, -0.25) is 4.72 Å². The van der Waals surface area contributed by atoms with Gasteiger partial charge in [-0.2, -0.15) is 0 Å². The minimum Gasteiger partial charge on any atom is -0.361 e. The summed E-state index contributed by atoms with van der Waals surface area (Å²) in [4.78, 5) is 7.34. The van der Waals surface area contributed by atoms with Crippen LogP contribution in [-0.4, -0.2) is 29.3 Å². The Labute approximate surface area is 134 Å². The Balaban J connectivity index is 2.12. The highest BCUT2D eigenvalue weighted by atomic mass is 32.2. The van der Waals surface area contributed by atoms with Crippen LogP contribution < -0.4 is 4.72 Å². The van der Waals surface area contributed by atoms with Gasteiger partial charge in [0.15, 0.2) is 0 Å². The maximum Gasteiger partial charge on any atom is 0.234 e. The van der Waals surface area contributed by atoms with Crippen LogP contribution in [0.1, 0.15) is 23.9 Å². The van der Waals surface area contributed by atoms with E-state index >= 15 is 0 Å². The van der Waals surface area contributed by atoms with Crippen molar-refractivity contribution in [2.75, 3.05) is 10.5 Å². The van der Waals surface area contributed by atoms with Crippen LogP contribution in [-0.2, 0) is 10.0 Å². The number of H-pyrrole nitrogens is 1. The third-order valence-electron chi connectivity index (χ3n) is 3.73. The quantitative estimate of drug-likeness (QED) is 0.764. The first-order chi connectivity index (χ1) is 10.8. The van der Waals surface area contributed by atoms with Crippen LogP contribution in [0, 0.1) is 20.8 Å². The van der Waals surface area contributed by atoms with Gasteiger partial charge < -0.3 is 9.51 Å². The average Bonchev–Trinajstić information content (AvgIpc) is 3.02. The SMILES string of the molecule is CCS(=O)(=O)Nc1nc2c(C)cc(-c3c(C)noc3C)cc2[nH]1. The standard InChI is InChI=1S/C15H18N4O3S/c1-5-23(20,21)19-15-16-12-7-11(6-8(2)14(12)17-15)13-9(3)18-22-10(13)4/h6-7H,5H2,1-4H3,(H2,16,17,19). The molecule has 0 saturated heterocycles. The van der Waals surface area contributed by atoms with E-state index in [4.69, 9.17) is 4.52 Å². The van der Waals surface area contributed by atoms with E-state index in [0.717, 1.165) is 39.2 Å².